The molecule has 1 fully saturated rings. The topological polar surface area (TPSA) is 70.2 Å². The van der Waals surface area contributed by atoms with Crippen molar-refractivity contribution < 1.29 is 9.53 Å². The van der Waals surface area contributed by atoms with Gasteiger partial charge in [-0.3, -0.25) is 5.10 Å². The summed E-state index contributed by atoms with van der Waals surface area (Å²) in [6, 6.07) is -0.0313. The summed E-state index contributed by atoms with van der Waals surface area (Å²) in [5.74, 6) is 0. The number of nitrogens with one attached hydrogen (secondary N) is 2. The number of nitrogens with zero attached hydrogens (tertiary/aromatic N) is 2. The van der Waals surface area contributed by atoms with Gasteiger partial charge in [-0.1, -0.05) is 6.42 Å². The number of H-pyrrole nitrogens is 1. The molecule has 1 atom stereocenters. The lowest BCUT2D eigenvalue weighted by molar-refractivity contribution is 0.0118. The number of rotatable bonds is 5. The lowest BCUT2D eigenvalue weighted by Gasteiger charge is -2.23. The highest BCUT2D eigenvalue weighted by Crippen LogP contribution is 2.22. The number of urea groups is 1. The molecule has 1 saturated heterocycles. The molecule has 1 aliphatic heterocycles. The average molecular weight is 334 g/mol. The molecular weight excluding hydrogens is 304 g/mol. The highest BCUT2D eigenvalue weighted by Gasteiger charge is 2.19. The molecular formula is C18H30N4O2. The molecule has 1 aromatic rings. The number of hydrogen-bond donors (Lipinski definition) is 2. The first kappa shape index (κ1) is 17.3. The van der Waals surface area contributed by atoms with Crippen LogP contribution in [0.4, 0.5) is 4.79 Å². The summed E-state index contributed by atoms with van der Waals surface area (Å²) in [5.41, 5.74) is 3.63. The monoisotopic (exact) mass is 334 g/mol. The predicted octanol–water partition coefficient (Wildman–Crippen LogP) is 2.78. The molecule has 2 aliphatic rings. The van der Waals surface area contributed by atoms with Crippen LogP contribution in [0.3, 0.4) is 0 Å². The van der Waals surface area contributed by atoms with E-state index in [0.29, 0.717) is 19.2 Å². The Morgan fingerprint density at radius 3 is 3.00 bits per heavy atom. The molecule has 0 radical (unpaired) electrons. The number of carbonyl (C=O) groups excluding carboxylic acids is 1. The van der Waals surface area contributed by atoms with Crippen LogP contribution in [0.25, 0.3) is 0 Å². The van der Waals surface area contributed by atoms with Crippen LogP contribution in [-0.4, -0.2) is 47.4 Å². The second-order valence-electron chi connectivity index (χ2n) is 7.05. The summed E-state index contributed by atoms with van der Waals surface area (Å²) < 4.78 is 5.70. The van der Waals surface area contributed by atoms with Gasteiger partial charge in [-0.15, -0.1) is 0 Å². The van der Waals surface area contributed by atoms with Crippen LogP contribution in [0, 0.1) is 0 Å². The van der Waals surface area contributed by atoms with E-state index in [1.807, 2.05) is 7.05 Å². The van der Waals surface area contributed by atoms with Gasteiger partial charge in [-0.05, 0) is 56.9 Å². The molecule has 2 amide bonds. The lowest BCUT2D eigenvalue weighted by atomic mass is 10.1. The fraction of sp³-hybridized carbons (Fsp3) is 0.778. The standard InChI is InChI=1S/C18H30N4O2/c1-22(18(23)19-11-10-14-7-5-6-12-24-14)13-17-15-8-3-2-4-9-16(15)20-21-17/h14H,2-13H2,1H3,(H,19,23)(H,20,21)/t14-/m0/s1. The van der Waals surface area contributed by atoms with Gasteiger partial charge in [0.25, 0.3) is 0 Å². The molecule has 1 aromatic heterocycles. The maximum absolute atomic E-state index is 12.3. The van der Waals surface area contributed by atoms with E-state index >= 15 is 0 Å². The molecule has 134 valence electrons. The smallest absolute Gasteiger partial charge is 0.317 e. The highest BCUT2D eigenvalue weighted by molar-refractivity contribution is 5.73. The van der Waals surface area contributed by atoms with Crippen molar-refractivity contribution >= 4 is 6.03 Å². The van der Waals surface area contributed by atoms with Crippen LogP contribution in [0.15, 0.2) is 0 Å². The SMILES string of the molecule is CN(Cc1n[nH]c2c1CCCCC2)C(=O)NCC[C@@H]1CCCCO1. The summed E-state index contributed by atoms with van der Waals surface area (Å²) in [4.78, 5) is 14.0. The fourth-order valence-corrected chi connectivity index (χ4v) is 3.66. The van der Waals surface area contributed by atoms with Crippen molar-refractivity contribution in [2.24, 2.45) is 0 Å². The van der Waals surface area contributed by atoms with E-state index in [9.17, 15) is 4.79 Å². The number of carbonyl (C=O) groups is 1. The molecule has 0 bridgehead atoms. The van der Waals surface area contributed by atoms with Crippen LogP contribution >= 0.6 is 0 Å². The number of aromatic nitrogens is 2. The molecule has 1 aliphatic carbocycles. The Morgan fingerprint density at radius 2 is 2.17 bits per heavy atom. The zero-order chi connectivity index (χ0) is 16.8. The number of amides is 2. The van der Waals surface area contributed by atoms with Crippen molar-refractivity contribution in [1.82, 2.24) is 20.4 Å². The van der Waals surface area contributed by atoms with Crippen molar-refractivity contribution in [3.8, 4) is 0 Å². The first-order valence-corrected chi connectivity index (χ1v) is 9.39. The average Bonchev–Trinajstić information content (AvgIpc) is 2.82. The maximum atomic E-state index is 12.3. The van der Waals surface area contributed by atoms with E-state index in [1.54, 1.807) is 4.90 Å². The molecule has 2 heterocycles. The van der Waals surface area contributed by atoms with Crippen molar-refractivity contribution in [2.75, 3.05) is 20.2 Å². The van der Waals surface area contributed by atoms with E-state index in [1.165, 1.54) is 43.4 Å². The van der Waals surface area contributed by atoms with Gasteiger partial charge in [0.05, 0.1) is 18.3 Å². The van der Waals surface area contributed by atoms with Gasteiger partial charge in [0.1, 0.15) is 0 Å². The second-order valence-corrected chi connectivity index (χ2v) is 7.05. The van der Waals surface area contributed by atoms with Gasteiger partial charge < -0.3 is 15.0 Å². The van der Waals surface area contributed by atoms with Gasteiger partial charge in [-0.2, -0.15) is 5.10 Å². The zero-order valence-electron chi connectivity index (χ0n) is 14.8. The van der Waals surface area contributed by atoms with Crippen LogP contribution in [0.2, 0.25) is 0 Å². The van der Waals surface area contributed by atoms with Gasteiger partial charge >= 0.3 is 6.03 Å². The van der Waals surface area contributed by atoms with E-state index in [2.05, 4.69) is 15.5 Å². The first-order chi connectivity index (χ1) is 11.7. The van der Waals surface area contributed by atoms with Gasteiger partial charge in [0.2, 0.25) is 0 Å². The Labute approximate surface area is 144 Å². The molecule has 0 spiro atoms. The third-order valence-electron chi connectivity index (χ3n) is 5.14. The summed E-state index contributed by atoms with van der Waals surface area (Å²) >= 11 is 0. The molecule has 6 heteroatoms. The largest absolute Gasteiger partial charge is 0.378 e. The normalized spacial score (nSPS) is 21.0. The summed E-state index contributed by atoms with van der Waals surface area (Å²) in [6.45, 7) is 2.10. The van der Waals surface area contributed by atoms with E-state index < -0.39 is 0 Å². The van der Waals surface area contributed by atoms with Gasteiger partial charge in [0, 0.05) is 25.9 Å². The molecule has 0 aromatic carbocycles. The molecule has 2 N–H and O–H groups in total. The minimum Gasteiger partial charge on any atom is -0.378 e. The van der Waals surface area contributed by atoms with Crippen molar-refractivity contribution in [2.45, 2.75) is 70.4 Å². The number of ether oxygens (including phenoxy) is 1. The number of fused-ring (bicyclic) bond motifs is 1. The van der Waals surface area contributed by atoms with Crippen molar-refractivity contribution in [3.63, 3.8) is 0 Å². The molecule has 3 rings (SSSR count). The molecule has 0 unspecified atom stereocenters. The third kappa shape index (κ3) is 4.50. The Kier molecular flexibility index (Phi) is 6.12. The minimum absolute atomic E-state index is 0.0313. The fourth-order valence-electron chi connectivity index (χ4n) is 3.66. The highest BCUT2D eigenvalue weighted by atomic mass is 16.5. The maximum Gasteiger partial charge on any atom is 0.317 e. The number of hydrogen-bond acceptors (Lipinski definition) is 3. The Balaban J connectivity index is 1.45. The Morgan fingerprint density at radius 1 is 1.29 bits per heavy atom. The molecule has 6 nitrogen and oxygen atoms in total. The number of aryl methyl sites for hydroxylation is 1. The van der Waals surface area contributed by atoms with E-state index in [-0.39, 0.29) is 6.03 Å². The molecule has 24 heavy (non-hydrogen) atoms. The minimum atomic E-state index is -0.0313. The second kappa shape index (κ2) is 8.51. The zero-order valence-corrected chi connectivity index (χ0v) is 14.8. The van der Waals surface area contributed by atoms with Gasteiger partial charge in [0.15, 0.2) is 0 Å². The first-order valence-electron chi connectivity index (χ1n) is 9.39. The van der Waals surface area contributed by atoms with Crippen LogP contribution < -0.4 is 5.32 Å². The summed E-state index contributed by atoms with van der Waals surface area (Å²) in [7, 11) is 1.84. The lowest BCUT2D eigenvalue weighted by Crippen LogP contribution is -2.38. The van der Waals surface area contributed by atoms with Crippen LogP contribution in [0.5, 0.6) is 0 Å². The number of aromatic amines is 1. The van der Waals surface area contributed by atoms with Crippen molar-refractivity contribution in [3.05, 3.63) is 17.0 Å². The summed E-state index contributed by atoms with van der Waals surface area (Å²) in [5, 5.41) is 10.6. The summed E-state index contributed by atoms with van der Waals surface area (Å²) in [6.07, 6.45) is 10.6. The van der Waals surface area contributed by atoms with E-state index in [0.717, 1.165) is 38.0 Å². The van der Waals surface area contributed by atoms with Crippen LogP contribution in [0.1, 0.15) is 61.9 Å². The van der Waals surface area contributed by atoms with Crippen LogP contribution in [-0.2, 0) is 24.1 Å². The Hall–Kier alpha value is -1.56. The van der Waals surface area contributed by atoms with Crippen molar-refractivity contribution in [1.29, 1.82) is 0 Å². The third-order valence-corrected chi connectivity index (χ3v) is 5.14. The van der Waals surface area contributed by atoms with E-state index in [4.69, 9.17) is 4.74 Å². The van der Waals surface area contributed by atoms with Gasteiger partial charge in [-0.25, -0.2) is 4.79 Å². The molecule has 0 saturated carbocycles. The predicted molar refractivity (Wildman–Crippen MR) is 92.9 cm³/mol. The quantitative estimate of drug-likeness (QED) is 0.814. The Bertz CT molecular complexity index is 537.